The molecule has 0 aliphatic carbocycles. The van der Waals surface area contributed by atoms with Crippen LogP contribution in [0.5, 0.6) is 0 Å². The third-order valence-corrected chi connectivity index (χ3v) is 8.48. The summed E-state index contributed by atoms with van der Waals surface area (Å²) in [6.07, 6.45) is -0.589. The Bertz CT molecular complexity index is 1810. The lowest BCUT2D eigenvalue weighted by molar-refractivity contribution is -0.148. The van der Waals surface area contributed by atoms with Gasteiger partial charge in [-0.2, -0.15) is 5.10 Å². The molecule has 2 atom stereocenters. The third-order valence-electron chi connectivity index (χ3n) is 6.99. The molecule has 0 saturated heterocycles. The van der Waals surface area contributed by atoms with Gasteiger partial charge in [-0.05, 0) is 42.2 Å². The van der Waals surface area contributed by atoms with Crippen molar-refractivity contribution in [2.24, 2.45) is 0 Å². The third kappa shape index (κ3) is 8.19. The first kappa shape index (κ1) is 33.0. The van der Waals surface area contributed by atoms with E-state index in [2.05, 4.69) is 10.4 Å². The van der Waals surface area contributed by atoms with E-state index in [4.69, 9.17) is 0 Å². The number of nitrogens with one attached hydrogen (secondary N) is 2. The average Bonchev–Trinajstić information content (AvgIpc) is 3.39. The standard InChI is InChI=1S/C32H33FN4O7S/c1-3-9-24-18-28(31(40)34-27(30(39)32(41)42)16-21-10-5-4-6-11-21)35-37(24)19-23-15-14-22(17-26(23)33)25-12-7-8-13-29(25)45(43,44)36-20(2)38/h4-8,10-15,17-18,27,30,39H,3,9,16,19H2,1-2H3,(H,34,40)(H,36,38)(H,41,42)/t27-,30-/m1/s1. The van der Waals surface area contributed by atoms with Crippen LogP contribution in [-0.4, -0.2) is 58.3 Å². The Balaban J connectivity index is 1.59. The Kier molecular flexibility index (Phi) is 10.5. The molecule has 45 heavy (non-hydrogen) atoms. The van der Waals surface area contributed by atoms with E-state index in [0.717, 1.165) is 12.5 Å². The summed E-state index contributed by atoms with van der Waals surface area (Å²) in [6.45, 7) is 2.96. The summed E-state index contributed by atoms with van der Waals surface area (Å²) in [6, 6.07) is 19.4. The Morgan fingerprint density at radius 2 is 1.69 bits per heavy atom. The maximum atomic E-state index is 15.5. The first-order valence-corrected chi connectivity index (χ1v) is 15.6. The zero-order chi connectivity index (χ0) is 32.7. The molecule has 0 aliphatic heterocycles. The minimum atomic E-state index is -4.19. The highest BCUT2D eigenvalue weighted by atomic mass is 32.2. The van der Waals surface area contributed by atoms with Crippen molar-refractivity contribution in [3.8, 4) is 11.1 Å². The summed E-state index contributed by atoms with van der Waals surface area (Å²) in [4.78, 5) is 36.0. The highest BCUT2D eigenvalue weighted by Gasteiger charge is 2.29. The topological polar surface area (TPSA) is 168 Å². The number of halogens is 1. The predicted molar refractivity (Wildman–Crippen MR) is 163 cm³/mol. The van der Waals surface area contributed by atoms with Crippen molar-refractivity contribution in [2.75, 3.05) is 0 Å². The van der Waals surface area contributed by atoms with Crippen LogP contribution in [0.15, 0.2) is 83.8 Å². The molecule has 4 aromatic rings. The number of hydrogen-bond acceptors (Lipinski definition) is 7. The molecule has 0 spiro atoms. The van der Waals surface area contributed by atoms with Crippen LogP contribution in [0.25, 0.3) is 11.1 Å². The van der Waals surface area contributed by atoms with E-state index in [1.807, 2.05) is 11.6 Å². The van der Waals surface area contributed by atoms with Gasteiger partial charge < -0.3 is 15.5 Å². The first-order valence-electron chi connectivity index (χ1n) is 14.1. The Morgan fingerprint density at radius 1 is 1.00 bits per heavy atom. The molecule has 236 valence electrons. The molecule has 0 saturated carbocycles. The van der Waals surface area contributed by atoms with Gasteiger partial charge in [0, 0.05) is 23.7 Å². The predicted octanol–water partition coefficient (Wildman–Crippen LogP) is 3.30. The highest BCUT2D eigenvalue weighted by Crippen LogP contribution is 2.29. The molecule has 1 heterocycles. The molecule has 3 aromatic carbocycles. The van der Waals surface area contributed by atoms with Crippen molar-refractivity contribution in [3.05, 3.63) is 107 Å². The number of aryl methyl sites for hydroxylation is 1. The maximum absolute atomic E-state index is 15.5. The number of aromatic nitrogens is 2. The van der Waals surface area contributed by atoms with E-state index in [-0.39, 0.29) is 40.2 Å². The van der Waals surface area contributed by atoms with Gasteiger partial charge in [0.15, 0.2) is 6.10 Å². The quantitative estimate of drug-likeness (QED) is 0.173. The van der Waals surface area contributed by atoms with Gasteiger partial charge in [-0.15, -0.1) is 0 Å². The number of carbonyl (C=O) groups is 3. The Labute approximate surface area is 259 Å². The lowest BCUT2D eigenvalue weighted by Crippen LogP contribution is -2.48. The second-order valence-corrected chi connectivity index (χ2v) is 12.1. The lowest BCUT2D eigenvalue weighted by atomic mass is 10.0. The minimum Gasteiger partial charge on any atom is -0.479 e. The number of nitrogens with zero attached hydrogens (tertiary/aromatic N) is 2. The van der Waals surface area contributed by atoms with Gasteiger partial charge in [-0.3, -0.25) is 14.3 Å². The smallest absolute Gasteiger partial charge is 0.334 e. The molecule has 1 aromatic heterocycles. The molecule has 4 rings (SSSR count). The van der Waals surface area contributed by atoms with E-state index in [0.29, 0.717) is 18.5 Å². The fourth-order valence-corrected chi connectivity index (χ4v) is 6.09. The van der Waals surface area contributed by atoms with Crippen molar-refractivity contribution >= 4 is 27.8 Å². The van der Waals surface area contributed by atoms with E-state index < -0.39 is 45.8 Å². The number of sulfonamides is 1. The van der Waals surface area contributed by atoms with Crippen LogP contribution < -0.4 is 10.0 Å². The Hall–Kier alpha value is -4.88. The van der Waals surface area contributed by atoms with Crippen molar-refractivity contribution in [2.45, 2.75) is 56.7 Å². The number of rotatable bonds is 13. The fraction of sp³-hybridized carbons (Fsp3) is 0.250. The number of carbonyl (C=O) groups excluding carboxylic acids is 2. The van der Waals surface area contributed by atoms with Gasteiger partial charge in [0.2, 0.25) is 5.91 Å². The number of carboxylic acid groups (broad SMARTS) is 1. The zero-order valence-corrected chi connectivity index (χ0v) is 25.4. The molecule has 13 heteroatoms. The number of benzene rings is 3. The van der Waals surface area contributed by atoms with E-state index in [1.165, 1.54) is 35.0 Å². The average molecular weight is 637 g/mol. The lowest BCUT2D eigenvalue weighted by Gasteiger charge is -2.21. The Morgan fingerprint density at radius 3 is 2.33 bits per heavy atom. The molecule has 0 aliphatic rings. The molecular weight excluding hydrogens is 603 g/mol. The number of aliphatic hydroxyl groups excluding tert-OH is 1. The van der Waals surface area contributed by atoms with Crippen LogP contribution in [-0.2, 0) is 39.0 Å². The molecule has 2 amide bonds. The summed E-state index contributed by atoms with van der Waals surface area (Å²) in [5.74, 6) is -3.58. The number of aliphatic hydroxyl groups is 1. The van der Waals surface area contributed by atoms with Gasteiger partial charge in [-0.25, -0.2) is 22.3 Å². The number of aliphatic carboxylic acids is 1. The highest BCUT2D eigenvalue weighted by molar-refractivity contribution is 7.90. The summed E-state index contributed by atoms with van der Waals surface area (Å²) >= 11 is 0. The number of carboxylic acids is 1. The van der Waals surface area contributed by atoms with Crippen LogP contribution in [0.4, 0.5) is 4.39 Å². The summed E-state index contributed by atoms with van der Waals surface area (Å²) < 4.78 is 44.3. The summed E-state index contributed by atoms with van der Waals surface area (Å²) in [5, 5.41) is 26.6. The van der Waals surface area contributed by atoms with Crippen LogP contribution in [0, 0.1) is 5.82 Å². The molecule has 0 unspecified atom stereocenters. The second kappa shape index (κ2) is 14.3. The minimum absolute atomic E-state index is 0.0248. The summed E-state index contributed by atoms with van der Waals surface area (Å²) in [5.41, 5.74) is 2.03. The molecular formula is C32H33FN4O7S. The van der Waals surface area contributed by atoms with Crippen LogP contribution >= 0.6 is 0 Å². The van der Waals surface area contributed by atoms with Crippen LogP contribution in [0.2, 0.25) is 0 Å². The second-order valence-electron chi connectivity index (χ2n) is 10.4. The summed E-state index contributed by atoms with van der Waals surface area (Å²) in [7, 11) is -4.19. The number of hydrogen-bond donors (Lipinski definition) is 4. The molecule has 0 fully saturated rings. The monoisotopic (exact) mass is 636 g/mol. The van der Waals surface area contributed by atoms with Gasteiger partial charge in [0.1, 0.15) is 11.5 Å². The van der Waals surface area contributed by atoms with Crippen molar-refractivity contribution in [1.82, 2.24) is 19.8 Å². The number of amides is 2. The normalized spacial score (nSPS) is 12.7. The van der Waals surface area contributed by atoms with Crippen LogP contribution in [0.1, 0.15) is 47.6 Å². The molecule has 4 N–H and O–H groups in total. The molecule has 0 radical (unpaired) electrons. The van der Waals surface area contributed by atoms with E-state index in [9.17, 15) is 33.0 Å². The van der Waals surface area contributed by atoms with Gasteiger partial charge >= 0.3 is 5.97 Å². The van der Waals surface area contributed by atoms with E-state index >= 15 is 4.39 Å². The first-order chi connectivity index (χ1) is 21.4. The molecule has 0 bridgehead atoms. The van der Waals surface area contributed by atoms with Crippen molar-refractivity contribution in [3.63, 3.8) is 0 Å². The van der Waals surface area contributed by atoms with Crippen molar-refractivity contribution < 1.29 is 37.4 Å². The largest absolute Gasteiger partial charge is 0.479 e. The zero-order valence-electron chi connectivity index (χ0n) is 24.6. The fourth-order valence-electron chi connectivity index (χ4n) is 4.87. The maximum Gasteiger partial charge on any atom is 0.334 e. The van der Waals surface area contributed by atoms with Gasteiger partial charge in [0.05, 0.1) is 17.5 Å². The van der Waals surface area contributed by atoms with Crippen LogP contribution in [0.3, 0.4) is 0 Å². The van der Waals surface area contributed by atoms with Gasteiger partial charge in [0.25, 0.3) is 15.9 Å². The van der Waals surface area contributed by atoms with Gasteiger partial charge in [-0.1, -0.05) is 74.0 Å². The molecule has 11 nitrogen and oxygen atoms in total. The van der Waals surface area contributed by atoms with E-state index in [1.54, 1.807) is 48.5 Å². The van der Waals surface area contributed by atoms with Crippen molar-refractivity contribution in [1.29, 1.82) is 0 Å². The SMILES string of the molecule is CCCc1cc(C(=O)N[C@H](Cc2ccccc2)[C@@H](O)C(=O)O)nn1Cc1ccc(-c2ccccc2S(=O)(=O)NC(C)=O)cc1F.